The van der Waals surface area contributed by atoms with E-state index in [9.17, 15) is 0 Å². The van der Waals surface area contributed by atoms with E-state index in [2.05, 4.69) is 15.5 Å². The summed E-state index contributed by atoms with van der Waals surface area (Å²) in [7, 11) is 0. The van der Waals surface area contributed by atoms with E-state index in [0.29, 0.717) is 12.2 Å². The monoisotopic (exact) mass is 295 g/mol. The molecular formula is C16H13N3OS. The average Bonchev–Trinajstić information content (AvgIpc) is 2.95. The number of nitriles is 1. The molecule has 0 spiro atoms. The van der Waals surface area contributed by atoms with Gasteiger partial charge < -0.3 is 4.74 Å². The summed E-state index contributed by atoms with van der Waals surface area (Å²) in [5.74, 6) is 1.52. The Balaban J connectivity index is 1.55. The molecule has 0 atom stereocenters. The van der Waals surface area contributed by atoms with Gasteiger partial charge in [0.15, 0.2) is 5.16 Å². The molecule has 0 fully saturated rings. The molecule has 4 nitrogen and oxygen atoms in total. The van der Waals surface area contributed by atoms with Crippen LogP contribution in [0.2, 0.25) is 0 Å². The fourth-order valence-electron chi connectivity index (χ4n) is 1.97. The Morgan fingerprint density at radius 2 is 2.19 bits per heavy atom. The van der Waals surface area contributed by atoms with Crippen LogP contribution >= 0.6 is 11.8 Å². The Morgan fingerprint density at radius 1 is 1.24 bits per heavy atom. The van der Waals surface area contributed by atoms with E-state index in [1.807, 2.05) is 42.7 Å². The number of pyridine rings is 1. The quantitative estimate of drug-likeness (QED) is 0.535. The van der Waals surface area contributed by atoms with Crippen molar-refractivity contribution in [1.29, 1.82) is 5.26 Å². The van der Waals surface area contributed by atoms with Crippen LogP contribution in [0.25, 0.3) is 5.52 Å². The molecule has 104 valence electrons. The molecule has 0 saturated heterocycles. The van der Waals surface area contributed by atoms with Gasteiger partial charge in [0.1, 0.15) is 5.75 Å². The van der Waals surface area contributed by atoms with Crippen molar-refractivity contribution >= 4 is 17.3 Å². The molecule has 0 bridgehead atoms. The van der Waals surface area contributed by atoms with Gasteiger partial charge >= 0.3 is 0 Å². The lowest BCUT2D eigenvalue weighted by Gasteiger charge is -2.05. The number of benzene rings is 1. The van der Waals surface area contributed by atoms with Gasteiger partial charge in [-0.3, -0.25) is 4.40 Å². The molecule has 0 N–H and O–H groups in total. The lowest BCUT2D eigenvalue weighted by atomic mass is 10.2. The van der Waals surface area contributed by atoms with Gasteiger partial charge in [-0.1, -0.05) is 23.9 Å². The van der Waals surface area contributed by atoms with Crippen molar-refractivity contribution in [3.05, 3.63) is 60.4 Å². The number of hydrogen-bond acceptors (Lipinski definition) is 4. The Hall–Kier alpha value is -2.45. The van der Waals surface area contributed by atoms with Crippen molar-refractivity contribution in [2.24, 2.45) is 0 Å². The van der Waals surface area contributed by atoms with Crippen LogP contribution in [-0.4, -0.2) is 21.7 Å². The van der Waals surface area contributed by atoms with Crippen LogP contribution < -0.4 is 4.74 Å². The van der Waals surface area contributed by atoms with Crippen molar-refractivity contribution < 1.29 is 4.74 Å². The normalized spacial score (nSPS) is 10.4. The predicted molar refractivity (Wildman–Crippen MR) is 82.6 cm³/mol. The first-order valence-corrected chi connectivity index (χ1v) is 7.53. The summed E-state index contributed by atoms with van der Waals surface area (Å²) in [6.45, 7) is 0.571. The van der Waals surface area contributed by atoms with Crippen molar-refractivity contribution in [2.75, 3.05) is 12.4 Å². The summed E-state index contributed by atoms with van der Waals surface area (Å²) in [6, 6.07) is 15.3. The van der Waals surface area contributed by atoms with E-state index in [1.54, 1.807) is 23.9 Å². The van der Waals surface area contributed by atoms with E-state index >= 15 is 0 Å². The minimum atomic E-state index is 0.571. The Kier molecular flexibility index (Phi) is 4.08. The van der Waals surface area contributed by atoms with Crippen LogP contribution in [0.4, 0.5) is 0 Å². The zero-order valence-corrected chi connectivity index (χ0v) is 12.1. The number of nitrogens with zero attached hydrogens (tertiary/aromatic N) is 3. The van der Waals surface area contributed by atoms with Crippen LogP contribution in [-0.2, 0) is 0 Å². The molecular weight excluding hydrogens is 282 g/mol. The summed E-state index contributed by atoms with van der Waals surface area (Å²) in [6.07, 6.45) is 3.86. The third-order valence-electron chi connectivity index (χ3n) is 2.95. The molecule has 2 aromatic heterocycles. The molecule has 21 heavy (non-hydrogen) atoms. The first-order valence-electron chi connectivity index (χ1n) is 6.55. The first kappa shape index (κ1) is 13.5. The summed E-state index contributed by atoms with van der Waals surface area (Å²) < 4.78 is 7.71. The molecule has 3 aromatic rings. The lowest BCUT2D eigenvalue weighted by molar-refractivity contribution is 0.344. The van der Waals surface area contributed by atoms with Crippen LogP contribution in [0.5, 0.6) is 5.75 Å². The molecule has 1 aromatic carbocycles. The molecule has 5 heteroatoms. The van der Waals surface area contributed by atoms with Crippen molar-refractivity contribution in [2.45, 2.75) is 5.16 Å². The molecule has 0 unspecified atom stereocenters. The van der Waals surface area contributed by atoms with Gasteiger partial charge in [-0.05, 0) is 30.3 Å². The van der Waals surface area contributed by atoms with E-state index in [1.165, 1.54) is 0 Å². The standard InChI is InChI=1S/C16H13N3OS/c17-11-13-4-3-6-15(10-13)20-8-9-21-16-18-12-14-5-1-2-7-19(14)16/h1-7,10,12H,8-9H2. The van der Waals surface area contributed by atoms with Crippen molar-refractivity contribution in [3.8, 4) is 11.8 Å². The third-order valence-corrected chi connectivity index (χ3v) is 3.88. The van der Waals surface area contributed by atoms with Gasteiger partial charge in [0, 0.05) is 11.9 Å². The Morgan fingerprint density at radius 3 is 3.10 bits per heavy atom. The van der Waals surface area contributed by atoms with Gasteiger partial charge in [-0.2, -0.15) is 5.26 Å². The highest BCUT2D eigenvalue weighted by Gasteiger charge is 2.03. The SMILES string of the molecule is N#Cc1cccc(OCCSc2ncc3ccccn23)c1. The van der Waals surface area contributed by atoms with Gasteiger partial charge in [-0.25, -0.2) is 4.98 Å². The summed E-state index contributed by atoms with van der Waals surface area (Å²) in [4.78, 5) is 4.39. The van der Waals surface area contributed by atoms with Crippen LogP contribution in [0.15, 0.2) is 60.0 Å². The number of rotatable bonds is 5. The van der Waals surface area contributed by atoms with E-state index in [0.717, 1.165) is 22.2 Å². The van der Waals surface area contributed by atoms with Gasteiger partial charge in [-0.15, -0.1) is 0 Å². The number of imidazole rings is 1. The van der Waals surface area contributed by atoms with Gasteiger partial charge in [0.05, 0.1) is 30.0 Å². The zero-order chi connectivity index (χ0) is 14.5. The second-order valence-corrected chi connectivity index (χ2v) is 5.43. The fourth-order valence-corrected chi connectivity index (χ4v) is 2.76. The lowest BCUT2D eigenvalue weighted by Crippen LogP contribution is -2.01. The number of ether oxygens (including phenoxy) is 1. The maximum Gasteiger partial charge on any atom is 0.172 e. The highest BCUT2D eigenvalue weighted by molar-refractivity contribution is 7.99. The van der Waals surface area contributed by atoms with Crippen LogP contribution in [0, 0.1) is 11.3 Å². The molecule has 0 aliphatic carbocycles. The largest absolute Gasteiger partial charge is 0.493 e. The van der Waals surface area contributed by atoms with Crippen LogP contribution in [0.3, 0.4) is 0 Å². The maximum absolute atomic E-state index is 8.84. The second kappa shape index (κ2) is 6.33. The van der Waals surface area contributed by atoms with Crippen molar-refractivity contribution in [3.63, 3.8) is 0 Å². The molecule has 3 rings (SSSR count). The molecule has 2 heterocycles. The minimum absolute atomic E-state index is 0.571. The topological polar surface area (TPSA) is 50.3 Å². The van der Waals surface area contributed by atoms with E-state index in [4.69, 9.17) is 10.00 Å². The molecule has 0 amide bonds. The summed E-state index contributed by atoms with van der Waals surface area (Å²) in [5, 5.41) is 9.80. The smallest absolute Gasteiger partial charge is 0.172 e. The zero-order valence-electron chi connectivity index (χ0n) is 11.3. The Labute approximate surface area is 127 Å². The van der Waals surface area contributed by atoms with E-state index in [-0.39, 0.29) is 0 Å². The van der Waals surface area contributed by atoms with Gasteiger partial charge in [0.25, 0.3) is 0 Å². The minimum Gasteiger partial charge on any atom is -0.493 e. The number of aromatic nitrogens is 2. The molecule has 0 saturated carbocycles. The van der Waals surface area contributed by atoms with Crippen LogP contribution in [0.1, 0.15) is 5.56 Å². The number of hydrogen-bond donors (Lipinski definition) is 0. The second-order valence-electron chi connectivity index (χ2n) is 4.37. The van der Waals surface area contributed by atoms with Gasteiger partial charge in [0.2, 0.25) is 0 Å². The first-order chi connectivity index (χ1) is 10.4. The highest BCUT2D eigenvalue weighted by atomic mass is 32.2. The molecule has 0 aliphatic heterocycles. The maximum atomic E-state index is 8.84. The number of fused-ring (bicyclic) bond motifs is 1. The number of thioether (sulfide) groups is 1. The predicted octanol–water partition coefficient (Wildman–Crippen LogP) is 3.38. The summed E-state index contributed by atoms with van der Waals surface area (Å²) >= 11 is 1.65. The van der Waals surface area contributed by atoms with E-state index < -0.39 is 0 Å². The third kappa shape index (κ3) is 3.18. The molecule has 0 radical (unpaired) electrons. The summed E-state index contributed by atoms with van der Waals surface area (Å²) in [5.41, 5.74) is 1.70. The van der Waals surface area contributed by atoms with Crippen molar-refractivity contribution in [1.82, 2.24) is 9.38 Å². The Bertz CT molecular complexity index is 791. The average molecular weight is 295 g/mol. The highest BCUT2D eigenvalue weighted by Crippen LogP contribution is 2.19. The molecule has 0 aliphatic rings. The fraction of sp³-hybridized carbons (Fsp3) is 0.125.